The van der Waals surface area contributed by atoms with Gasteiger partial charge in [-0.2, -0.15) is 0 Å². The molecule has 0 unspecified atom stereocenters. The van der Waals surface area contributed by atoms with Crippen LogP contribution in [0.4, 0.5) is 0 Å². The molecule has 10 heavy (non-hydrogen) atoms. The Balaban J connectivity index is 2.77. The Morgan fingerprint density at radius 3 is 3.00 bits per heavy atom. The van der Waals surface area contributed by atoms with Crippen molar-refractivity contribution in [1.29, 1.82) is 0 Å². The molecule has 2 nitrogen and oxygen atoms in total. The van der Waals surface area contributed by atoms with Gasteiger partial charge in [-0.05, 0) is 12.5 Å². The van der Waals surface area contributed by atoms with Crippen LogP contribution in [0.25, 0.3) is 0 Å². The second-order valence-electron chi connectivity index (χ2n) is 2.17. The second kappa shape index (κ2) is 3.32. The lowest BCUT2D eigenvalue weighted by Gasteiger charge is -1.91. The van der Waals surface area contributed by atoms with Crippen molar-refractivity contribution in [1.82, 2.24) is 5.32 Å². The molecule has 0 aromatic carbocycles. The third kappa shape index (κ3) is 1.33. The number of hydrogen-bond acceptors (Lipinski definition) is 2. The standard InChI is InChI=1S/C8H12N2/c1-3-7-5-9-6-8(7)10-4-2/h3-4,9H,1,5-6H2,2H3. The monoisotopic (exact) mass is 136 g/mol. The normalized spacial score (nSPS) is 18.9. The van der Waals surface area contributed by atoms with E-state index in [1.165, 1.54) is 5.57 Å². The zero-order valence-electron chi connectivity index (χ0n) is 6.22. The van der Waals surface area contributed by atoms with E-state index in [2.05, 4.69) is 16.9 Å². The van der Waals surface area contributed by atoms with Gasteiger partial charge < -0.3 is 5.32 Å². The Bertz CT molecular complexity index is 189. The fourth-order valence-corrected chi connectivity index (χ4v) is 1.01. The molecule has 54 valence electrons. The number of rotatable bonds is 2. The van der Waals surface area contributed by atoms with Crippen LogP contribution in [0.2, 0.25) is 0 Å². The van der Waals surface area contributed by atoms with Gasteiger partial charge in [0.25, 0.3) is 0 Å². The minimum absolute atomic E-state index is 0.881. The number of aliphatic imine (C=N–C) groups is 1. The summed E-state index contributed by atoms with van der Waals surface area (Å²) in [7, 11) is 0. The van der Waals surface area contributed by atoms with Crippen molar-refractivity contribution in [3.05, 3.63) is 23.9 Å². The van der Waals surface area contributed by atoms with Gasteiger partial charge >= 0.3 is 0 Å². The predicted molar refractivity (Wildman–Crippen MR) is 44.3 cm³/mol. The quantitative estimate of drug-likeness (QED) is 0.565. The molecule has 2 heteroatoms. The van der Waals surface area contributed by atoms with Gasteiger partial charge in [-0.1, -0.05) is 12.7 Å². The van der Waals surface area contributed by atoms with Gasteiger partial charge in [0.05, 0.1) is 5.70 Å². The van der Waals surface area contributed by atoms with E-state index in [1.54, 1.807) is 0 Å². The Hall–Kier alpha value is -0.890. The highest BCUT2D eigenvalue weighted by Crippen LogP contribution is 2.10. The van der Waals surface area contributed by atoms with Crippen LogP contribution in [0.1, 0.15) is 6.92 Å². The summed E-state index contributed by atoms with van der Waals surface area (Å²) in [5.74, 6) is 0. The van der Waals surface area contributed by atoms with Crippen molar-refractivity contribution in [3.8, 4) is 0 Å². The number of hydrogen-bond donors (Lipinski definition) is 1. The van der Waals surface area contributed by atoms with Crippen LogP contribution < -0.4 is 5.32 Å². The molecule has 0 amide bonds. The van der Waals surface area contributed by atoms with Crippen molar-refractivity contribution in [2.24, 2.45) is 4.99 Å². The molecule has 1 N–H and O–H groups in total. The number of nitrogens with zero attached hydrogens (tertiary/aromatic N) is 1. The van der Waals surface area contributed by atoms with Gasteiger partial charge in [0.15, 0.2) is 0 Å². The van der Waals surface area contributed by atoms with Gasteiger partial charge in [0.2, 0.25) is 0 Å². The first kappa shape index (κ1) is 7.22. The van der Waals surface area contributed by atoms with E-state index in [0.29, 0.717) is 0 Å². The van der Waals surface area contributed by atoms with Gasteiger partial charge in [0, 0.05) is 19.3 Å². The fourth-order valence-electron chi connectivity index (χ4n) is 1.01. The first-order valence-electron chi connectivity index (χ1n) is 3.42. The van der Waals surface area contributed by atoms with Crippen molar-refractivity contribution < 1.29 is 0 Å². The van der Waals surface area contributed by atoms with Crippen LogP contribution in [-0.4, -0.2) is 19.3 Å². The van der Waals surface area contributed by atoms with Crippen LogP contribution in [0.5, 0.6) is 0 Å². The van der Waals surface area contributed by atoms with Gasteiger partial charge in [-0.25, -0.2) is 0 Å². The third-order valence-corrected chi connectivity index (χ3v) is 1.51. The Morgan fingerprint density at radius 2 is 2.40 bits per heavy atom. The third-order valence-electron chi connectivity index (χ3n) is 1.51. The summed E-state index contributed by atoms with van der Waals surface area (Å²) in [5.41, 5.74) is 2.34. The van der Waals surface area contributed by atoms with E-state index in [-0.39, 0.29) is 0 Å². The molecule has 1 heterocycles. The Labute approximate surface area is 61.4 Å². The van der Waals surface area contributed by atoms with Crippen molar-refractivity contribution in [2.75, 3.05) is 13.1 Å². The Kier molecular flexibility index (Phi) is 2.40. The number of nitrogens with one attached hydrogen (secondary N) is 1. The van der Waals surface area contributed by atoms with Crippen molar-refractivity contribution in [3.63, 3.8) is 0 Å². The van der Waals surface area contributed by atoms with E-state index < -0.39 is 0 Å². The summed E-state index contributed by atoms with van der Waals surface area (Å²) < 4.78 is 0. The molecular weight excluding hydrogens is 124 g/mol. The topological polar surface area (TPSA) is 24.4 Å². The zero-order valence-corrected chi connectivity index (χ0v) is 6.22. The highest BCUT2D eigenvalue weighted by atomic mass is 14.9. The molecule has 0 atom stereocenters. The van der Waals surface area contributed by atoms with Crippen LogP contribution >= 0.6 is 0 Å². The average molecular weight is 136 g/mol. The van der Waals surface area contributed by atoms with Crippen LogP contribution in [0.15, 0.2) is 28.9 Å². The van der Waals surface area contributed by atoms with Crippen LogP contribution in [-0.2, 0) is 0 Å². The summed E-state index contributed by atoms with van der Waals surface area (Å²) in [6, 6.07) is 0. The average Bonchev–Trinajstić information content (AvgIpc) is 2.36. The van der Waals surface area contributed by atoms with Crippen molar-refractivity contribution in [2.45, 2.75) is 6.92 Å². The predicted octanol–water partition coefficient (Wildman–Crippen LogP) is 1.12. The molecule has 0 aliphatic carbocycles. The van der Waals surface area contributed by atoms with Gasteiger partial charge in [-0.3, -0.25) is 4.99 Å². The van der Waals surface area contributed by atoms with E-state index in [9.17, 15) is 0 Å². The molecule has 0 saturated carbocycles. The minimum atomic E-state index is 0.881. The maximum Gasteiger partial charge on any atom is 0.0582 e. The van der Waals surface area contributed by atoms with E-state index in [1.807, 2.05) is 19.2 Å². The lowest BCUT2D eigenvalue weighted by atomic mass is 10.2. The maximum atomic E-state index is 4.20. The molecule has 1 rings (SSSR count). The summed E-state index contributed by atoms with van der Waals surface area (Å²) in [6.45, 7) is 7.42. The van der Waals surface area contributed by atoms with Gasteiger partial charge in [0.1, 0.15) is 0 Å². The maximum absolute atomic E-state index is 4.20. The summed E-state index contributed by atoms with van der Waals surface area (Å²) >= 11 is 0. The molecule has 0 fully saturated rings. The summed E-state index contributed by atoms with van der Waals surface area (Å²) in [4.78, 5) is 4.20. The Morgan fingerprint density at radius 1 is 1.60 bits per heavy atom. The highest BCUT2D eigenvalue weighted by Gasteiger charge is 2.08. The van der Waals surface area contributed by atoms with Crippen LogP contribution in [0.3, 0.4) is 0 Å². The second-order valence-corrected chi connectivity index (χ2v) is 2.17. The molecule has 0 radical (unpaired) electrons. The highest BCUT2D eigenvalue weighted by molar-refractivity contribution is 5.56. The lowest BCUT2D eigenvalue weighted by Crippen LogP contribution is -2.08. The van der Waals surface area contributed by atoms with Crippen LogP contribution in [0, 0.1) is 0 Å². The van der Waals surface area contributed by atoms with Crippen molar-refractivity contribution >= 4 is 6.21 Å². The van der Waals surface area contributed by atoms with E-state index >= 15 is 0 Å². The molecule has 1 aliphatic rings. The minimum Gasteiger partial charge on any atom is -0.307 e. The van der Waals surface area contributed by atoms with Gasteiger partial charge in [-0.15, -0.1) is 0 Å². The molecule has 0 saturated heterocycles. The lowest BCUT2D eigenvalue weighted by molar-refractivity contribution is 0.865. The summed E-state index contributed by atoms with van der Waals surface area (Å²) in [5, 5.41) is 3.20. The molecule has 0 bridgehead atoms. The first-order chi connectivity index (χ1) is 4.88. The zero-order chi connectivity index (χ0) is 7.40. The first-order valence-corrected chi connectivity index (χ1v) is 3.42. The fraction of sp³-hybridized carbons (Fsp3) is 0.375. The van der Waals surface area contributed by atoms with E-state index in [4.69, 9.17) is 0 Å². The molecular formula is C8H12N2. The summed E-state index contributed by atoms with van der Waals surface area (Å²) in [6.07, 6.45) is 3.67. The smallest absolute Gasteiger partial charge is 0.0582 e. The molecule has 1 aliphatic heterocycles. The molecule has 0 aromatic rings. The largest absolute Gasteiger partial charge is 0.307 e. The van der Waals surface area contributed by atoms with E-state index in [0.717, 1.165) is 18.8 Å². The molecule has 0 spiro atoms. The molecule has 0 aromatic heterocycles. The SMILES string of the molecule is C=CC1=C(N=CC)CNC1.